The minimum absolute atomic E-state index is 0.164. The van der Waals surface area contributed by atoms with Crippen LogP contribution in [0, 0.1) is 17.0 Å². The maximum atomic E-state index is 10.8. The van der Waals surface area contributed by atoms with Crippen molar-refractivity contribution in [3.63, 3.8) is 0 Å². The third kappa shape index (κ3) is 1.55. The Bertz CT molecular complexity index is 598. The second kappa shape index (κ2) is 3.61. The van der Waals surface area contributed by atoms with Crippen molar-refractivity contribution >= 4 is 28.2 Å². The molecule has 5 nitrogen and oxygen atoms in total. The molecular formula is C10H7ClN2O3. The fourth-order valence-electron chi connectivity index (χ4n) is 1.56. The van der Waals surface area contributed by atoms with Crippen LogP contribution in [0.5, 0.6) is 5.75 Å². The SMILES string of the molecule is Cc1cc(Cl)c2c([N+](=O)[O-])c(O)ccc2n1. The Kier molecular flexibility index (Phi) is 2.40. The summed E-state index contributed by atoms with van der Waals surface area (Å²) >= 11 is 5.93. The molecule has 0 unspecified atom stereocenters. The molecule has 1 N–H and O–H groups in total. The number of halogens is 1. The van der Waals surface area contributed by atoms with Crippen LogP contribution in [0.4, 0.5) is 5.69 Å². The molecule has 82 valence electrons. The number of aromatic hydroxyl groups is 1. The molecule has 0 radical (unpaired) electrons. The normalized spacial score (nSPS) is 10.6. The van der Waals surface area contributed by atoms with Crippen LogP contribution in [-0.2, 0) is 0 Å². The van der Waals surface area contributed by atoms with Crippen molar-refractivity contribution in [3.8, 4) is 5.75 Å². The van der Waals surface area contributed by atoms with Crippen LogP contribution < -0.4 is 0 Å². The van der Waals surface area contributed by atoms with Crippen LogP contribution in [0.1, 0.15) is 5.69 Å². The Morgan fingerprint density at radius 2 is 2.19 bits per heavy atom. The summed E-state index contributed by atoms with van der Waals surface area (Å²) in [4.78, 5) is 14.3. The van der Waals surface area contributed by atoms with Crippen LogP contribution >= 0.6 is 11.6 Å². The number of fused-ring (bicyclic) bond motifs is 1. The monoisotopic (exact) mass is 238 g/mol. The summed E-state index contributed by atoms with van der Waals surface area (Å²) in [5, 5.41) is 20.7. The molecule has 16 heavy (non-hydrogen) atoms. The maximum absolute atomic E-state index is 10.8. The first kappa shape index (κ1) is 10.6. The largest absolute Gasteiger partial charge is 0.502 e. The molecule has 0 aliphatic carbocycles. The fraction of sp³-hybridized carbons (Fsp3) is 0.100. The van der Waals surface area contributed by atoms with Crippen molar-refractivity contribution in [2.45, 2.75) is 6.92 Å². The van der Waals surface area contributed by atoms with E-state index in [1.807, 2.05) is 0 Å². The van der Waals surface area contributed by atoms with Crippen LogP contribution in [-0.4, -0.2) is 15.0 Å². The molecule has 0 atom stereocenters. The van der Waals surface area contributed by atoms with Gasteiger partial charge < -0.3 is 5.11 Å². The third-order valence-electron chi connectivity index (χ3n) is 2.19. The summed E-state index contributed by atoms with van der Waals surface area (Å²) in [6, 6.07) is 4.26. The van der Waals surface area contributed by atoms with Gasteiger partial charge in [-0.05, 0) is 25.1 Å². The molecule has 0 saturated heterocycles. The van der Waals surface area contributed by atoms with Crippen molar-refractivity contribution in [1.82, 2.24) is 4.98 Å². The Labute approximate surface area is 95.4 Å². The fourth-order valence-corrected chi connectivity index (χ4v) is 1.91. The minimum atomic E-state index is -0.666. The molecule has 0 spiro atoms. The second-order valence-corrected chi connectivity index (χ2v) is 3.74. The lowest BCUT2D eigenvalue weighted by molar-refractivity contribution is -0.384. The van der Waals surface area contributed by atoms with Gasteiger partial charge in [0.05, 0.1) is 15.5 Å². The number of aryl methyl sites for hydroxylation is 1. The molecule has 1 aromatic heterocycles. The van der Waals surface area contributed by atoms with Crippen LogP contribution in [0.25, 0.3) is 10.9 Å². The highest BCUT2D eigenvalue weighted by atomic mass is 35.5. The summed E-state index contributed by atoms with van der Waals surface area (Å²) in [7, 11) is 0. The van der Waals surface area contributed by atoms with Gasteiger partial charge in [0, 0.05) is 5.69 Å². The first-order valence-corrected chi connectivity index (χ1v) is 4.81. The standard InChI is InChI=1S/C10H7ClN2O3/c1-5-4-6(11)9-7(12-5)2-3-8(14)10(9)13(15)16/h2-4,14H,1H3. The maximum Gasteiger partial charge on any atom is 0.321 e. The lowest BCUT2D eigenvalue weighted by Gasteiger charge is -2.04. The van der Waals surface area contributed by atoms with Crippen molar-refractivity contribution in [2.24, 2.45) is 0 Å². The van der Waals surface area contributed by atoms with E-state index >= 15 is 0 Å². The molecular weight excluding hydrogens is 232 g/mol. The first-order chi connectivity index (χ1) is 7.50. The minimum Gasteiger partial charge on any atom is -0.502 e. The van der Waals surface area contributed by atoms with E-state index in [9.17, 15) is 15.2 Å². The second-order valence-electron chi connectivity index (χ2n) is 3.33. The number of nitrogens with zero attached hydrogens (tertiary/aromatic N) is 2. The number of aromatic nitrogens is 1. The van der Waals surface area contributed by atoms with E-state index in [1.165, 1.54) is 18.2 Å². The molecule has 1 aromatic carbocycles. The van der Waals surface area contributed by atoms with Gasteiger partial charge in [0.25, 0.3) is 0 Å². The molecule has 1 heterocycles. The highest BCUT2D eigenvalue weighted by Crippen LogP contribution is 2.37. The molecule has 2 rings (SSSR count). The zero-order valence-corrected chi connectivity index (χ0v) is 9.02. The lowest BCUT2D eigenvalue weighted by Crippen LogP contribution is -1.93. The van der Waals surface area contributed by atoms with E-state index in [4.69, 9.17) is 11.6 Å². The van der Waals surface area contributed by atoms with Crippen molar-refractivity contribution < 1.29 is 10.0 Å². The number of phenolic OH excluding ortho intramolecular Hbond substituents is 1. The van der Waals surface area contributed by atoms with Gasteiger partial charge in [-0.3, -0.25) is 15.1 Å². The number of hydrogen-bond acceptors (Lipinski definition) is 4. The average molecular weight is 239 g/mol. The van der Waals surface area contributed by atoms with Crippen molar-refractivity contribution in [3.05, 3.63) is 39.0 Å². The van der Waals surface area contributed by atoms with Gasteiger partial charge in [-0.1, -0.05) is 11.6 Å². The van der Waals surface area contributed by atoms with Crippen LogP contribution in [0.3, 0.4) is 0 Å². The summed E-state index contributed by atoms with van der Waals surface area (Å²) in [6.07, 6.45) is 0. The van der Waals surface area contributed by atoms with Crippen LogP contribution in [0.2, 0.25) is 5.02 Å². The summed E-state index contributed by atoms with van der Waals surface area (Å²) in [5.41, 5.74) is 0.655. The zero-order chi connectivity index (χ0) is 11.9. The first-order valence-electron chi connectivity index (χ1n) is 4.44. The highest BCUT2D eigenvalue weighted by molar-refractivity contribution is 6.36. The number of nitro benzene ring substituents is 1. The molecule has 6 heteroatoms. The number of nitro groups is 1. The molecule has 0 amide bonds. The number of pyridine rings is 1. The predicted molar refractivity (Wildman–Crippen MR) is 59.8 cm³/mol. The Balaban J connectivity index is 2.97. The van der Waals surface area contributed by atoms with E-state index in [1.54, 1.807) is 6.92 Å². The predicted octanol–water partition coefficient (Wildman–Crippen LogP) is 2.81. The van der Waals surface area contributed by atoms with Crippen molar-refractivity contribution in [2.75, 3.05) is 0 Å². The van der Waals surface area contributed by atoms with E-state index < -0.39 is 16.4 Å². The Morgan fingerprint density at radius 3 is 2.81 bits per heavy atom. The number of rotatable bonds is 1. The van der Waals surface area contributed by atoms with E-state index in [0.717, 1.165) is 0 Å². The Morgan fingerprint density at radius 1 is 1.50 bits per heavy atom. The molecule has 0 bridgehead atoms. The summed E-state index contributed by atoms with van der Waals surface area (Å²) in [6.45, 7) is 1.74. The molecule has 0 aliphatic rings. The quantitative estimate of drug-likeness (QED) is 0.612. The van der Waals surface area contributed by atoms with Gasteiger partial charge >= 0.3 is 5.69 Å². The number of benzene rings is 1. The third-order valence-corrected chi connectivity index (χ3v) is 2.49. The smallest absolute Gasteiger partial charge is 0.321 e. The van der Waals surface area contributed by atoms with Gasteiger partial charge in [0.2, 0.25) is 0 Å². The zero-order valence-electron chi connectivity index (χ0n) is 8.27. The number of phenols is 1. The van der Waals surface area contributed by atoms with E-state index in [-0.39, 0.29) is 10.4 Å². The van der Waals surface area contributed by atoms with Gasteiger partial charge in [0.1, 0.15) is 5.39 Å². The van der Waals surface area contributed by atoms with Gasteiger partial charge in [-0.2, -0.15) is 0 Å². The molecule has 2 aromatic rings. The van der Waals surface area contributed by atoms with E-state index in [0.29, 0.717) is 11.2 Å². The summed E-state index contributed by atoms with van der Waals surface area (Å²) < 4.78 is 0. The van der Waals surface area contributed by atoms with E-state index in [2.05, 4.69) is 4.98 Å². The lowest BCUT2D eigenvalue weighted by atomic mass is 10.1. The highest BCUT2D eigenvalue weighted by Gasteiger charge is 2.21. The van der Waals surface area contributed by atoms with Gasteiger partial charge in [-0.15, -0.1) is 0 Å². The van der Waals surface area contributed by atoms with Gasteiger partial charge in [0.15, 0.2) is 5.75 Å². The number of hydrogen-bond donors (Lipinski definition) is 1. The molecule has 0 fully saturated rings. The van der Waals surface area contributed by atoms with Crippen LogP contribution in [0.15, 0.2) is 18.2 Å². The molecule has 0 aliphatic heterocycles. The van der Waals surface area contributed by atoms with Gasteiger partial charge in [-0.25, -0.2) is 0 Å². The molecule has 0 saturated carbocycles. The van der Waals surface area contributed by atoms with Crippen molar-refractivity contribution in [1.29, 1.82) is 0 Å². The average Bonchev–Trinajstić information content (AvgIpc) is 2.18. The Hall–Kier alpha value is -1.88. The topological polar surface area (TPSA) is 76.3 Å². The summed E-state index contributed by atoms with van der Waals surface area (Å²) in [5.74, 6) is -0.412.